The number of rotatable bonds is 5. The molecule has 2 aromatic rings. The number of anilines is 1. The van der Waals surface area contributed by atoms with Crippen LogP contribution in [0.15, 0.2) is 65.1 Å². The molecule has 0 atom stereocenters. The Balaban J connectivity index is 2.06. The number of nitrogens with zero attached hydrogens (tertiary/aromatic N) is 1. The SMILES string of the molecule is Cc1ccc(S(=O)(=O)N(CC2=CCOC2)c2ccccc2I)cc1. The van der Waals surface area contributed by atoms with Gasteiger partial charge in [-0.05, 0) is 59.4 Å². The molecule has 0 amide bonds. The van der Waals surface area contributed by atoms with Crippen molar-refractivity contribution >= 4 is 38.3 Å². The van der Waals surface area contributed by atoms with Gasteiger partial charge in [-0.3, -0.25) is 4.31 Å². The summed E-state index contributed by atoms with van der Waals surface area (Å²) in [6.45, 7) is 3.26. The summed E-state index contributed by atoms with van der Waals surface area (Å²) >= 11 is 2.17. The second-order valence-corrected chi connectivity index (χ2v) is 8.68. The second-order valence-electron chi connectivity index (χ2n) is 5.65. The summed E-state index contributed by atoms with van der Waals surface area (Å²) in [6, 6.07) is 14.5. The number of para-hydroxylation sites is 1. The molecule has 0 saturated carbocycles. The van der Waals surface area contributed by atoms with Crippen molar-refractivity contribution in [3.63, 3.8) is 0 Å². The van der Waals surface area contributed by atoms with E-state index in [0.29, 0.717) is 30.3 Å². The minimum absolute atomic E-state index is 0.298. The molecule has 6 heteroatoms. The molecule has 0 spiro atoms. The molecule has 3 rings (SSSR count). The Kier molecular flexibility index (Phi) is 5.27. The molecule has 126 valence electrons. The van der Waals surface area contributed by atoms with E-state index in [1.54, 1.807) is 12.1 Å². The summed E-state index contributed by atoms with van der Waals surface area (Å²) in [4.78, 5) is 0.298. The molecule has 0 fully saturated rings. The van der Waals surface area contributed by atoms with E-state index >= 15 is 0 Å². The van der Waals surface area contributed by atoms with E-state index in [0.717, 1.165) is 14.7 Å². The van der Waals surface area contributed by atoms with Gasteiger partial charge < -0.3 is 4.74 Å². The second kappa shape index (κ2) is 7.25. The third-order valence-corrected chi connectivity index (χ3v) is 6.54. The van der Waals surface area contributed by atoms with E-state index in [1.165, 1.54) is 4.31 Å². The van der Waals surface area contributed by atoms with Gasteiger partial charge in [0, 0.05) is 3.57 Å². The van der Waals surface area contributed by atoms with Crippen LogP contribution >= 0.6 is 22.6 Å². The fourth-order valence-electron chi connectivity index (χ4n) is 2.51. The summed E-state index contributed by atoms with van der Waals surface area (Å²) in [6.07, 6.45) is 1.95. The fourth-order valence-corrected chi connectivity index (χ4v) is 4.84. The minimum Gasteiger partial charge on any atom is -0.373 e. The van der Waals surface area contributed by atoms with Crippen LogP contribution in [0.25, 0.3) is 0 Å². The highest BCUT2D eigenvalue weighted by atomic mass is 127. The predicted molar refractivity (Wildman–Crippen MR) is 104 cm³/mol. The van der Waals surface area contributed by atoms with Crippen LogP contribution in [-0.2, 0) is 14.8 Å². The molecule has 0 bridgehead atoms. The van der Waals surface area contributed by atoms with Gasteiger partial charge in [0.25, 0.3) is 10.0 Å². The zero-order chi connectivity index (χ0) is 17.2. The van der Waals surface area contributed by atoms with Gasteiger partial charge in [0.15, 0.2) is 0 Å². The van der Waals surface area contributed by atoms with Crippen molar-refractivity contribution in [3.8, 4) is 0 Å². The molecule has 0 unspecified atom stereocenters. The molecular formula is C18H18INO3S. The number of sulfonamides is 1. The Morgan fingerprint density at radius 2 is 1.83 bits per heavy atom. The van der Waals surface area contributed by atoms with Gasteiger partial charge in [-0.25, -0.2) is 8.42 Å². The van der Waals surface area contributed by atoms with Crippen molar-refractivity contribution < 1.29 is 13.2 Å². The van der Waals surface area contributed by atoms with Crippen molar-refractivity contribution in [2.45, 2.75) is 11.8 Å². The van der Waals surface area contributed by atoms with Crippen LogP contribution in [0.1, 0.15) is 5.56 Å². The Hall–Kier alpha value is -1.38. The Morgan fingerprint density at radius 1 is 1.12 bits per heavy atom. The average Bonchev–Trinajstić information content (AvgIpc) is 3.07. The first kappa shape index (κ1) is 17.4. The topological polar surface area (TPSA) is 46.6 Å². The molecular weight excluding hydrogens is 437 g/mol. The van der Waals surface area contributed by atoms with E-state index in [9.17, 15) is 8.42 Å². The number of hydrogen-bond donors (Lipinski definition) is 0. The summed E-state index contributed by atoms with van der Waals surface area (Å²) in [5.74, 6) is 0. The lowest BCUT2D eigenvalue weighted by atomic mass is 10.2. The first-order valence-electron chi connectivity index (χ1n) is 7.58. The number of aryl methyl sites for hydroxylation is 1. The third-order valence-electron chi connectivity index (χ3n) is 3.85. The summed E-state index contributed by atoms with van der Waals surface area (Å²) in [7, 11) is -3.65. The van der Waals surface area contributed by atoms with Gasteiger partial charge >= 0.3 is 0 Å². The molecule has 1 aliphatic rings. The van der Waals surface area contributed by atoms with Crippen LogP contribution in [-0.4, -0.2) is 28.2 Å². The lowest BCUT2D eigenvalue weighted by molar-refractivity contribution is 0.208. The van der Waals surface area contributed by atoms with E-state index < -0.39 is 10.0 Å². The van der Waals surface area contributed by atoms with Crippen molar-refractivity contribution in [1.82, 2.24) is 0 Å². The number of halogens is 1. The van der Waals surface area contributed by atoms with Crippen molar-refractivity contribution in [3.05, 3.63) is 69.3 Å². The summed E-state index contributed by atoms with van der Waals surface area (Å²) in [5, 5.41) is 0. The highest BCUT2D eigenvalue weighted by molar-refractivity contribution is 14.1. The van der Waals surface area contributed by atoms with E-state index in [1.807, 2.05) is 49.4 Å². The quantitative estimate of drug-likeness (QED) is 0.510. The van der Waals surface area contributed by atoms with Gasteiger partial charge in [0.1, 0.15) is 0 Å². The Bertz CT molecular complexity index is 860. The lowest BCUT2D eigenvalue weighted by Crippen LogP contribution is -2.33. The number of benzene rings is 2. The first-order valence-corrected chi connectivity index (χ1v) is 10.1. The zero-order valence-electron chi connectivity index (χ0n) is 13.3. The number of ether oxygens (including phenoxy) is 1. The largest absolute Gasteiger partial charge is 0.373 e. The molecule has 2 aromatic carbocycles. The summed E-state index contributed by atoms with van der Waals surface area (Å²) < 4.78 is 34.2. The maximum absolute atomic E-state index is 13.2. The smallest absolute Gasteiger partial charge is 0.264 e. The highest BCUT2D eigenvalue weighted by Crippen LogP contribution is 2.29. The normalized spacial score (nSPS) is 14.5. The molecule has 4 nitrogen and oxygen atoms in total. The van der Waals surface area contributed by atoms with Gasteiger partial charge in [0.2, 0.25) is 0 Å². The lowest BCUT2D eigenvalue weighted by Gasteiger charge is -2.26. The van der Waals surface area contributed by atoms with Gasteiger partial charge in [-0.2, -0.15) is 0 Å². The maximum atomic E-state index is 13.2. The first-order chi connectivity index (χ1) is 11.5. The van der Waals surface area contributed by atoms with Crippen molar-refractivity contribution in [2.24, 2.45) is 0 Å². The van der Waals surface area contributed by atoms with Crippen LogP contribution in [0.5, 0.6) is 0 Å². The van der Waals surface area contributed by atoms with Crippen LogP contribution in [0.3, 0.4) is 0 Å². The monoisotopic (exact) mass is 455 g/mol. The van der Waals surface area contributed by atoms with Crippen LogP contribution in [0.4, 0.5) is 5.69 Å². The van der Waals surface area contributed by atoms with Gasteiger partial charge in [0.05, 0.1) is 30.3 Å². The number of hydrogen-bond acceptors (Lipinski definition) is 3. The zero-order valence-corrected chi connectivity index (χ0v) is 16.2. The van der Waals surface area contributed by atoms with Crippen molar-refractivity contribution in [1.29, 1.82) is 0 Å². The minimum atomic E-state index is -3.65. The van der Waals surface area contributed by atoms with Crippen LogP contribution in [0, 0.1) is 10.5 Å². The van der Waals surface area contributed by atoms with Gasteiger partial charge in [-0.1, -0.05) is 35.9 Å². The third kappa shape index (κ3) is 3.65. The van der Waals surface area contributed by atoms with E-state index in [2.05, 4.69) is 22.6 Å². The molecule has 0 N–H and O–H groups in total. The molecule has 0 saturated heterocycles. The average molecular weight is 455 g/mol. The fraction of sp³-hybridized carbons (Fsp3) is 0.222. The van der Waals surface area contributed by atoms with E-state index in [4.69, 9.17) is 4.74 Å². The predicted octanol–water partition coefficient (Wildman–Crippen LogP) is 3.75. The Labute approximate surface area is 156 Å². The van der Waals surface area contributed by atoms with Crippen molar-refractivity contribution in [2.75, 3.05) is 24.1 Å². The standard InChI is InChI=1S/C18H18INO3S/c1-14-6-8-16(9-7-14)24(21,22)20(12-15-10-11-23-13-15)18-5-3-2-4-17(18)19/h2-10H,11-13H2,1H3. The Morgan fingerprint density at radius 3 is 2.46 bits per heavy atom. The molecule has 24 heavy (non-hydrogen) atoms. The molecule has 0 aromatic heterocycles. The molecule has 1 heterocycles. The van der Waals surface area contributed by atoms with Gasteiger partial charge in [-0.15, -0.1) is 0 Å². The molecule has 1 aliphatic heterocycles. The highest BCUT2D eigenvalue weighted by Gasteiger charge is 2.27. The molecule has 0 radical (unpaired) electrons. The maximum Gasteiger partial charge on any atom is 0.264 e. The van der Waals surface area contributed by atoms with Crippen LogP contribution in [0.2, 0.25) is 0 Å². The van der Waals surface area contributed by atoms with E-state index in [-0.39, 0.29) is 0 Å². The van der Waals surface area contributed by atoms with Crippen LogP contribution < -0.4 is 4.31 Å². The molecule has 0 aliphatic carbocycles. The summed E-state index contributed by atoms with van der Waals surface area (Å²) in [5.41, 5.74) is 2.69.